The topological polar surface area (TPSA) is 239 Å². The molecular formula is C81H120N4O10S. The van der Waals surface area contributed by atoms with Crippen molar-refractivity contribution in [2.45, 2.75) is 244 Å². The van der Waals surface area contributed by atoms with Crippen LogP contribution in [-0.4, -0.2) is 62.6 Å². The molecule has 6 aromatic carbocycles. The number of phenols is 4. The predicted octanol–water partition coefficient (Wildman–Crippen LogP) is 18.8. The second-order valence-electron chi connectivity index (χ2n) is 31.4. The molecule has 8 rings (SSSR count). The Hall–Kier alpha value is -7.72. The number of carbonyl (C=O) groups is 2. The van der Waals surface area contributed by atoms with E-state index >= 15 is 0 Å². The summed E-state index contributed by atoms with van der Waals surface area (Å²) < 4.78 is 24.5. The van der Waals surface area contributed by atoms with Crippen molar-refractivity contribution in [2.24, 2.45) is 0 Å². The van der Waals surface area contributed by atoms with Crippen molar-refractivity contribution in [1.82, 2.24) is 4.98 Å². The highest BCUT2D eigenvalue weighted by Gasteiger charge is 2.26. The lowest BCUT2D eigenvalue weighted by Gasteiger charge is -2.21. The number of rotatable bonds is 6. The number of fused-ring (bicyclic) bond motifs is 1. The molecule has 15 heteroatoms. The van der Waals surface area contributed by atoms with Gasteiger partial charge in [0.15, 0.2) is 0 Å². The largest absolute Gasteiger partial charge is 0.508 e. The van der Waals surface area contributed by atoms with Gasteiger partial charge < -0.3 is 41.3 Å². The van der Waals surface area contributed by atoms with Crippen LogP contribution < -0.4 is 15.4 Å². The van der Waals surface area contributed by atoms with Crippen molar-refractivity contribution in [3.05, 3.63) is 199 Å². The van der Waals surface area contributed by atoms with Crippen LogP contribution in [-0.2, 0) is 77.2 Å². The lowest BCUT2D eigenvalue weighted by atomic mass is 9.83. The number of phenolic OH excluding ortho intramolecular Hbond substituents is 4. The maximum atomic E-state index is 11.3. The second-order valence-corrected chi connectivity index (χ2v) is 33.1. The van der Waals surface area contributed by atoms with Gasteiger partial charge in [-0.1, -0.05) is 226 Å². The highest BCUT2D eigenvalue weighted by Crippen LogP contribution is 2.36. The summed E-state index contributed by atoms with van der Waals surface area (Å²) in [7, 11) is -3.37. The normalized spacial score (nSPS) is 12.1. The molecule has 1 aromatic heterocycles. The molecule has 1 aliphatic rings. The van der Waals surface area contributed by atoms with Gasteiger partial charge in [-0.15, -0.1) is 0 Å². The molecule has 0 saturated heterocycles. The molecule has 0 fully saturated rings. The number of aryl methyl sites for hydroxylation is 4. The molecule has 2 amide bonds. The van der Waals surface area contributed by atoms with Crippen LogP contribution in [0.3, 0.4) is 0 Å². The number of aromatic hydroxyl groups is 4. The minimum atomic E-state index is -3.37. The van der Waals surface area contributed by atoms with E-state index in [4.69, 9.17) is 10.2 Å². The van der Waals surface area contributed by atoms with Crippen molar-refractivity contribution in [1.29, 1.82) is 0 Å². The Morgan fingerprint density at radius 2 is 0.917 bits per heavy atom. The first-order valence-corrected chi connectivity index (χ1v) is 34.8. The lowest BCUT2D eigenvalue weighted by molar-refractivity contribution is -0.115. The summed E-state index contributed by atoms with van der Waals surface area (Å²) in [5.74, 6) is 0.650. The first-order valence-electron chi connectivity index (χ1n) is 32.9. The maximum absolute atomic E-state index is 11.3. The zero-order chi connectivity index (χ0) is 74.5. The quantitative estimate of drug-likeness (QED) is 0.0561. The predicted molar refractivity (Wildman–Crippen MR) is 403 cm³/mol. The van der Waals surface area contributed by atoms with E-state index in [2.05, 4.69) is 161 Å². The number of amides is 2. The zero-order valence-electron chi connectivity index (χ0n) is 63.4. The first kappa shape index (κ1) is 86.3. The van der Waals surface area contributed by atoms with Crippen molar-refractivity contribution in [2.75, 3.05) is 21.6 Å². The van der Waals surface area contributed by atoms with E-state index in [-0.39, 0.29) is 80.0 Å². The molecule has 9 N–H and O–H groups in total. The number of carbonyl (C=O) groups excluding carboxylic acids is 2. The fraction of sp³-hybridized carbons (Fsp3) is 0.469. The number of hydrogen-bond acceptors (Lipinski definition) is 11. The number of aliphatic hydroxyl groups is 2. The summed E-state index contributed by atoms with van der Waals surface area (Å²) in [4.78, 5) is 26.1. The average molecular weight is 1340 g/mol. The van der Waals surface area contributed by atoms with Gasteiger partial charge in [0.2, 0.25) is 22.3 Å². The molecule has 0 spiro atoms. The van der Waals surface area contributed by atoms with Gasteiger partial charge in [0.25, 0.3) is 0 Å². The van der Waals surface area contributed by atoms with Gasteiger partial charge in [0, 0.05) is 28.6 Å². The van der Waals surface area contributed by atoms with Crippen LogP contribution in [0, 0.1) is 27.7 Å². The fourth-order valence-corrected chi connectivity index (χ4v) is 9.67. The Labute approximate surface area is 578 Å². The molecule has 0 bridgehead atoms. The van der Waals surface area contributed by atoms with Gasteiger partial charge in [0.1, 0.15) is 23.0 Å². The van der Waals surface area contributed by atoms with Crippen molar-refractivity contribution >= 4 is 39.4 Å². The number of aromatic nitrogens is 1. The SMILES string of the molecule is CC.CC(C)(C)c1cc(O)cc(O)c1.CC(C)(C)c1ccc(O)c(NS(C)(=O)=O)c1.CC(C)(C)c1cccc2c1CC(=O)N2.Cc1ccc(C(C)(C)C)cc1CO.Cc1ccc(C(C)(C)C)cc1NC=O.Cc1ccc(C(C)(C)C)cc1O.Cc1ccc(C(C)(C)C)nc1CO. The first-order chi connectivity index (χ1) is 43.7. The van der Waals surface area contributed by atoms with Crippen LogP contribution >= 0.6 is 0 Å². The molecule has 7 aromatic rings. The molecule has 0 atom stereocenters. The van der Waals surface area contributed by atoms with E-state index in [0.29, 0.717) is 12.2 Å². The van der Waals surface area contributed by atoms with Crippen LogP contribution in [0.15, 0.2) is 121 Å². The van der Waals surface area contributed by atoms with Crippen molar-refractivity contribution in [3.63, 3.8) is 0 Å². The maximum Gasteiger partial charge on any atom is 0.229 e. The summed E-state index contributed by atoms with van der Waals surface area (Å²) >= 11 is 0. The van der Waals surface area contributed by atoms with Crippen LogP contribution in [0.4, 0.5) is 17.1 Å². The molecule has 0 saturated carbocycles. The third kappa shape index (κ3) is 29.7. The van der Waals surface area contributed by atoms with Gasteiger partial charge in [-0.25, -0.2) is 8.42 Å². The Morgan fingerprint density at radius 1 is 0.479 bits per heavy atom. The van der Waals surface area contributed by atoms with Crippen LogP contribution in [0.5, 0.6) is 23.0 Å². The summed E-state index contributed by atoms with van der Waals surface area (Å²) in [5.41, 5.74) is 17.6. The number of benzene rings is 6. The molecule has 0 radical (unpaired) electrons. The van der Waals surface area contributed by atoms with E-state index < -0.39 is 10.0 Å². The molecule has 14 nitrogen and oxygen atoms in total. The van der Waals surface area contributed by atoms with E-state index in [0.717, 1.165) is 74.4 Å². The van der Waals surface area contributed by atoms with Crippen LogP contribution in [0.2, 0.25) is 0 Å². The molecule has 2 heterocycles. The molecule has 530 valence electrons. The van der Waals surface area contributed by atoms with Gasteiger partial charge in [-0.3, -0.25) is 19.3 Å². The van der Waals surface area contributed by atoms with E-state index in [1.54, 1.807) is 24.3 Å². The Morgan fingerprint density at radius 3 is 1.34 bits per heavy atom. The number of hydrogen-bond donors (Lipinski definition) is 9. The number of anilines is 3. The number of sulfonamides is 1. The molecule has 0 unspecified atom stereocenters. The van der Waals surface area contributed by atoms with Gasteiger partial charge in [-0.05, 0) is 175 Å². The lowest BCUT2D eigenvalue weighted by Crippen LogP contribution is -2.14. The number of pyridine rings is 1. The summed E-state index contributed by atoms with van der Waals surface area (Å²) in [6.45, 7) is 56.5. The summed E-state index contributed by atoms with van der Waals surface area (Å²) in [6, 6.07) is 38.0. The Kier molecular flexibility index (Phi) is 32.4. The third-order valence-corrected chi connectivity index (χ3v) is 16.0. The minimum Gasteiger partial charge on any atom is -0.508 e. The zero-order valence-corrected chi connectivity index (χ0v) is 64.2. The highest BCUT2D eigenvalue weighted by atomic mass is 32.2. The van der Waals surface area contributed by atoms with E-state index in [9.17, 15) is 38.4 Å². The van der Waals surface area contributed by atoms with E-state index in [1.165, 1.54) is 39.9 Å². The van der Waals surface area contributed by atoms with E-state index in [1.807, 2.05) is 132 Å². The monoisotopic (exact) mass is 1340 g/mol. The molecular weight excluding hydrogens is 1220 g/mol. The Balaban J connectivity index is 0.000000558. The Bertz CT molecular complexity index is 3660. The standard InChI is InChI=1S/C12H15NO.C12H17NO.C12H18O.C11H17NO3S.C11H17NO.C11H16O.C10H14O2.C2H6/c1-12(2,3)9-5-4-6-10-8(9)7-11(14)13-10;1-9-5-6-10(12(2,3)4)7-11(9)13-8-14;1-9-5-6-11(12(2,3)4)7-10(9)8-13;1-11(2,3)8-5-6-10(13)9(7-8)12-16(4,14)15;1-8-5-6-10(11(2,3)4)12-9(8)7-13;1-8-5-6-9(7-10(8)12)11(2,3)4;1-10(2,3)7-4-8(11)6-9(12)5-7;1-2/h4-6H,7H2,1-3H3,(H,13,14);5-8H,1-4H3,(H,13,14);5-7,13H,8H2,1-4H3;5-7,12-13H,1-4H3;5-6,13H,7H2,1-4H3;5-7,12H,1-4H3;4-6,11-12H,1-3H3;1-2H3. The van der Waals surface area contributed by atoms with Crippen LogP contribution in [0.1, 0.15) is 237 Å². The van der Waals surface area contributed by atoms with Gasteiger partial charge in [0.05, 0.1) is 37.3 Å². The summed E-state index contributed by atoms with van der Waals surface area (Å²) in [5, 5.41) is 61.1. The van der Waals surface area contributed by atoms with Crippen LogP contribution in [0.25, 0.3) is 0 Å². The third-order valence-electron chi connectivity index (χ3n) is 15.4. The fourth-order valence-electron chi connectivity index (χ4n) is 9.10. The molecule has 1 aliphatic heterocycles. The summed E-state index contributed by atoms with van der Waals surface area (Å²) in [6.07, 6.45) is 2.30. The van der Waals surface area contributed by atoms with Gasteiger partial charge in [-0.2, -0.15) is 0 Å². The second kappa shape index (κ2) is 36.0. The number of aliphatic hydroxyl groups excluding tert-OH is 2. The number of nitrogens with one attached hydrogen (secondary N) is 3. The van der Waals surface area contributed by atoms with Gasteiger partial charge >= 0.3 is 0 Å². The smallest absolute Gasteiger partial charge is 0.229 e. The molecule has 96 heavy (non-hydrogen) atoms. The van der Waals surface area contributed by atoms with Crippen molar-refractivity contribution < 1.29 is 48.6 Å². The minimum absolute atomic E-state index is 0.0236. The molecule has 0 aliphatic carbocycles. The highest BCUT2D eigenvalue weighted by molar-refractivity contribution is 7.92. The average Bonchev–Trinajstić information content (AvgIpc) is 1.62. The number of nitrogens with zero attached hydrogens (tertiary/aromatic N) is 1. The van der Waals surface area contributed by atoms with Crippen molar-refractivity contribution in [3.8, 4) is 23.0 Å².